The van der Waals surface area contributed by atoms with Crippen molar-refractivity contribution >= 4 is 33.7 Å². The quantitative estimate of drug-likeness (QED) is 0.161. The molecule has 0 saturated carbocycles. The van der Waals surface area contributed by atoms with Crippen LogP contribution in [0, 0.1) is 0 Å². The lowest BCUT2D eigenvalue weighted by Gasteiger charge is -2.39. The molecule has 0 fully saturated rings. The number of ether oxygens (including phenoxy) is 1. The molecule has 170 valence electrons. The Bertz CT molecular complexity index is 843. The van der Waals surface area contributed by atoms with Crippen molar-refractivity contribution in [2.75, 3.05) is 6.61 Å². The van der Waals surface area contributed by atoms with Crippen LogP contribution in [0.4, 0.5) is 0 Å². The minimum absolute atomic E-state index is 0.196. The Morgan fingerprint density at radius 2 is 1.90 bits per heavy atom. The molecular weight excluding hydrogens is 474 g/mol. The van der Waals surface area contributed by atoms with E-state index in [0.717, 1.165) is 10.0 Å². The van der Waals surface area contributed by atoms with Gasteiger partial charge in [0.15, 0.2) is 11.7 Å². The summed E-state index contributed by atoms with van der Waals surface area (Å²) in [7, 11) is 0. The van der Waals surface area contributed by atoms with E-state index in [0.29, 0.717) is 0 Å². The summed E-state index contributed by atoms with van der Waals surface area (Å²) in [6.07, 6.45) is -3.25. The van der Waals surface area contributed by atoms with E-state index in [1.807, 2.05) is 24.3 Å². The molecule has 0 aromatic heterocycles. The van der Waals surface area contributed by atoms with Crippen molar-refractivity contribution in [2.45, 2.75) is 43.9 Å². The number of nitrogens with two attached hydrogens (primary N) is 2. The van der Waals surface area contributed by atoms with Crippen LogP contribution in [0.5, 0.6) is 0 Å². The first-order valence-corrected chi connectivity index (χ1v) is 10.2. The van der Waals surface area contributed by atoms with E-state index < -0.39 is 48.8 Å². The summed E-state index contributed by atoms with van der Waals surface area (Å²) in [4.78, 5) is 28.4. The van der Waals surface area contributed by atoms with Crippen molar-refractivity contribution in [3.63, 3.8) is 0 Å². The van der Waals surface area contributed by atoms with Gasteiger partial charge in [0.25, 0.3) is 5.91 Å². The zero-order chi connectivity index (χ0) is 23.1. The molecule has 12 heteroatoms. The fraction of sp³-hybridized carbons (Fsp3) is 0.421. The summed E-state index contributed by atoms with van der Waals surface area (Å²) < 4.78 is 6.51. The van der Waals surface area contributed by atoms with Gasteiger partial charge < -0.3 is 42.2 Å². The van der Waals surface area contributed by atoms with Gasteiger partial charge in [0, 0.05) is 17.9 Å². The largest absolute Gasteiger partial charge is 0.480 e. The Balaban J connectivity index is 2.30. The summed E-state index contributed by atoms with van der Waals surface area (Å²) in [5.74, 6) is -1.61. The molecule has 31 heavy (non-hydrogen) atoms. The maximum Gasteiger partial charge on any atom is 0.286 e. The van der Waals surface area contributed by atoms with Gasteiger partial charge in [-0.15, -0.1) is 0 Å². The molecule has 0 saturated heterocycles. The van der Waals surface area contributed by atoms with Crippen molar-refractivity contribution in [1.29, 1.82) is 0 Å². The van der Waals surface area contributed by atoms with Crippen LogP contribution in [-0.2, 0) is 20.9 Å². The first-order valence-electron chi connectivity index (χ1n) is 9.36. The van der Waals surface area contributed by atoms with Crippen molar-refractivity contribution in [2.24, 2.45) is 16.5 Å². The zero-order valence-corrected chi connectivity index (χ0v) is 18.3. The van der Waals surface area contributed by atoms with Gasteiger partial charge in [0.05, 0.1) is 18.7 Å². The highest BCUT2D eigenvalue weighted by atomic mass is 79.9. The fourth-order valence-electron chi connectivity index (χ4n) is 3.01. The molecule has 9 N–H and O–H groups in total. The topological polar surface area (TPSA) is 193 Å². The second-order valence-electron chi connectivity index (χ2n) is 6.93. The molecule has 2 rings (SSSR count). The third kappa shape index (κ3) is 6.92. The number of nitrogens with one attached hydrogen (secondary N) is 2. The van der Waals surface area contributed by atoms with E-state index in [2.05, 4.69) is 31.6 Å². The van der Waals surface area contributed by atoms with E-state index >= 15 is 0 Å². The van der Waals surface area contributed by atoms with Crippen molar-refractivity contribution in [3.8, 4) is 0 Å². The lowest BCUT2D eigenvalue weighted by atomic mass is 9.92. The predicted octanol–water partition coefficient (Wildman–Crippen LogP) is -1.79. The molecule has 1 aliphatic heterocycles. The summed E-state index contributed by atoms with van der Waals surface area (Å²) in [6, 6.07) is 5.31. The van der Waals surface area contributed by atoms with Gasteiger partial charge in [-0.2, -0.15) is 0 Å². The predicted molar refractivity (Wildman–Crippen MR) is 115 cm³/mol. The second kappa shape index (κ2) is 11.1. The van der Waals surface area contributed by atoms with Gasteiger partial charge >= 0.3 is 0 Å². The van der Waals surface area contributed by atoms with Crippen molar-refractivity contribution in [1.82, 2.24) is 10.6 Å². The first-order chi connectivity index (χ1) is 14.6. The number of aliphatic hydroxyl groups excluding tert-OH is 3. The maximum atomic E-state index is 12.7. The van der Waals surface area contributed by atoms with Crippen LogP contribution in [0.15, 0.2) is 45.6 Å². The number of aliphatic hydroxyl groups is 3. The number of rotatable bonds is 8. The third-order valence-corrected chi connectivity index (χ3v) is 5.01. The summed E-state index contributed by atoms with van der Waals surface area (Å²) in [6.45, 7) is 0.666. The van der Waals surface area contributed by atoms with Crippen LogP contribution in [0.2, 0.25) is 0 Å². The molecule has 1 heterocycles. The third-order valence-electron chi connectivity index (χ3n) is 4.48. The van der Waals surface area contributed by atoms with Gasteiger partial charge in [-0.3, -0.25) is 9.59 Å². The Morgan fingerprint density at radius 3 is 2.45 bits per heavy atom. The number of benzene rings is 1. The fourth-order valence-corrected chi connectivity index (χ4v) is 3.28. The zero-order valence-electron chi connectivity index (χ0n) is 16.7. The molecule has 1 aliphatic rings. The number of hydrogen-bond acceptors (Lipinski definition) is 7. The molecule has 0 radical (unpaired) electrons. The van der Waals surface area contributed by atoms with E-state index in [9.17, 15) is 24.9 Å². The van der Waals surface area contributed by atoms with Crippen LogP contribution in [0.25, 0.3) is 0 Å². The van der Waals surface area contributed by atoms with Crippen molar-refractivity contribution < 1.29 is 29.6 Å². The van der Waals surface area contributed by atoms with Gasteiger partial charge in [-0.05, 0) is 23.8 Å². The number of hydrogen-bond donors (Lipinski definition) is 7. The Kier molecular flexibility index (Phi) is 8.80. The number of carbonyl (C=O) groups is 2. The number of nitrogens with zero attached hydrogens (tertiary/aromatic N) is 1. The molecular formula is C19H26BrN5O6. The second-order valence-corrected chi connectivity index (χ2v) is 7.85. The highest BCUT2D eigenvalue weighted by molar-refractivity contribution is 9.10. The molecule has 0 bridgehead atoms. The van der Waals surface area contributed by atoms with Gasteiger partial charge in [-0.1, -0.05) is 28.1 Å². The Labute approximate surface area is 187 Å². The molecule has 1 aromatic carbocycles. The molecule has 0 unspecified atom stereocenters. The summed E-state index contributed by atoms with van der Waals surface area (Å²) in [5.41, 5.74) is 11.8. The average molecular weight is 500 g/mol. The number of guanidine groups is 1. The first kappa shape index (κ1) is 24.6. The van der Waals surface area contributed by atoms with Crippen LogP contribution in [0.1, 0.15) is 12.5 Å². The van der Waals surface area contributed by atoms with Crippen LogP contribution >= 0.6 is 15.9 Å². The monoisotopic (exact) mass is 499 g/mol. The molecule has 0 aliphatic carbocycles. The smallest absolute Gasteiger partial charge is 0.286 e. The summed E-state index contributed by atoms with van der Waals surface area (Å²) >= 11 is 3.33. The number of halogens is 1. The molecule has 0 spiro atoms. The standard InChI is InChI=1S/C19H26BrN5O6/c1-9(27)24-15-12(25-19(21)22)6-14(31-17(15)16(29)13(28)8-26)18(30)23-7-10-2-4-11(20)5-3-10/h2-6,12-13,15-17,26,28-29H,7-8H2,1H3,(H,23,30)(H,24,27)(H4,21,22,25)/t12-,13+,15+,16+,17+/m0/s1. The molecule has 2 amide bonds. The van der Waals surface area contributed by atoms with E-state index in [4.69, 9.17) is 16.2 Å². The van der Waals surface area contributed by atoms with Gasteiger partial charge in [0.1, 0.15) is 18.3 Å². The molecule has 11 nitrogen and oxygen atoms in total. The highest BCUT2D eigenvalue weighted by Crippen LogP contribution is 2.25. The molecule has 1 aromatic rings. The van der Waals surface area contributed by atoms with Crippen LogP contribution in [0.3, 0.4) is 0 Å². The normalized spacial score (nSPS) is 22.4. The van der Waals surface area contributed by atoms with E-state index in [1.54, 1.807) is 0 Å². The average Bonchev–Trinajstić information content (AvgIpc) is 2.72. The Hall–Kier alpha value is -2.67. The highest BCUT2D eigenvalue weighted by Gasteiger charge is 2.43. The summed E-state index contributed by atoms with van der Waals surface area (Å²) in [5, 5.41) is 34.8. The number of amides is 2. The minimum atomic E-state index is -1.65. The van der Waals surface area contributed by atoms with E-state index in [1.165, 1.54) is 13.0 Å². The lowest BCUT2D eigenvalue weighted by Crippen LogP contribution is -2.60. The molecule has 5 atom stereocenters. The van der Waals surface area contributed by atoms with Crippen molar-refractivity contribution in [3.05, 3.63) is 46.1 Å². The lowest BCUT2D eigenvalue weighted by molar-refractivity contribution is -0.134. The Morgan fingerprint density at radius 1 is 1.26 bits per heavy atom. The van der Waals surface area contributed by atoms with Gasteiger partial charge in [0.2, 0.25) is 5.91 Å². The minimum Gasteiger partial charge on any atom is -0.480 e. The maximum absolute atomic E-state index is 12.7. The number of carbonyl (C=O) groups excluding carboxylic acids is 2. The van der Waals surface area contributed by atoms with Gasteiger partial charge in [-0.25, -0.2) is 4.99 Å². The number of aliphatic imine (C=N–C) groups is 1. The SMILES string of the molecule is CC(=O)N[C@H]1[C@H]([C@H](O)[C@H](O)CO)OC(C(=O)NCc2ccc(Br)cc2)=C[C@@H]1N=C(N)N. The van der Waals surface area contributed by atoms with E-state index in [-0.39, 0.29) is 18.3 Å². The van der Waals surface area contributed by atoms with Crippen LogP contribution < -0.4 is 22.1 Å². The van der Waals surface area contributed by atoms with Crippen LogP contribution in [-0.4, -0.2) is 70.1 Å².